The predicted molar refractivity (Wildman–Crippen MR) is 95.6 cm³/mol. The van der Waals surface area contributed by atoms with Gasteiger partial charge in [-0.2, -0.15) is 0 Å². The molecule has 0 unspecified atom stereocenters. The van der Waals surface area contributed by atoms with Crippen LogP contribution in [-0.2, 0) is 9.59 Å². The summed E-state index contributed by atoms with van der Waals surface area (Å²) in [6, 6.07) is 6.84. The Hall–Kier alpha value is -2.63. The molecule has 0 aromatic heterocycles. The van der Waals surface area contributed by atoms with Gasteiger partial charge in [0, 0.05) is 24.3 Å². The van der Waals surface area contributed by atoms with E-state index in [1.54, 1.807) is 24.3 Å². The zero-order chi connectivity index (χ0) is 18.3. The topological polar surface area (TPSA) is 86.7 Å². The van der Waals surface area contributed by atoms with E-state index in [0.29, 0.717) is 11.3 Å². The van der Waals surface area contributed by atoms with Crippen LogP contribution in [0.15, 0.2) is 36.4 Å². The fourth-order valence-corrected chi connectivity index (χ4v) is 4.54. The maximum atomic E-state index is 12.7. The van der Waals surface area contributed by atoms with Gasteiger partial charge < -0.3 is 15.3 Å². The third-order valence-electron chi connectivity index (χ3n) is 5.84. The van der Waals surface area contributed by atoms with Gasteiger partial charge in [-0.25, -0.2) is 0 Å². The maximum Gasteiger partial charge on any atom is 0.307 e. The van der Waals surface area contributed by atoms with Crippen molar-refractivity contribution in [1.82, 2.24) is 4.90 Å². The second kappa shape index (κ2) is 6.59. The summed E-state index contributed by atoms with van der Waals surface area (Å²) >= 11 is 0. The number of likely N-dealkylation sites (tertiary alicyclic amines) is 1. The van der Waals surface area contributed by atoms with Gasteiger partial charge in [-0.3, -0.25) is 14.4 Å². The molecule has 3 aliphatic rings. The number of nitrogens with one attached hydrogen (secondary N) is 1. The first kappa shape index (κ1) is 16.8. The molecule has 1 aromatic rings. The molecule has 2 bridgehead atoms. The fourth-order valence-electron chi connectivity index (χ4n) is 4.54. The average molecular weight is 354 g/mol. The summed E-state index contributed by atoms with van der Waals surface area (Å²) in [5.41, 5.74) is 1.19. The van der Waals surface area contributed by atoms with E-state index in [9.17, 15) is 19.5 Å². The number of amides is 2. The van der Waals surface area contributed by atoms with Crippen molar-refractivity contribution in [2.75, 3.05) is 18.4 Å². The van der Waals surface area contributed by atoms with Crippen LogP contribution in [0.5, 0.6) is 0 Å². The van der Waals surface area contributed by atoms with Gasteiger partial charge in [-0.05, 0) is 55.4 Å². The highest BCUT2D eigenvalue weighted by molar-refractivity contribution is 5.98. The van der Waals surface area contributed by atoms with Gasteiger partial charge in [0.1, 0.15) is 0 Å². The second-order valence-corrected chi connectivity index (χ2v) is 7.40. The van der Waals surface area contributed by atoms with Gasteiger partial charge in [-0.15, -0.1) is 0 Å². The molecule has 1 saturated carbocycles. The van der Waals surface area contributed by atoms with E-state index in [-0.39, 0.29) is 23.7 Å². The Morgan fingerprint density at radius 2 is 1.58 bits per heavy atom. The molecule has 4 rings (SSSR count). The molecule has 6 heteroatoms. The van der Waals surface area contributed by atoms with Crippen molar-refractivity contribution in [2.45, 2.75) is 19.3 Å². The molecule has 1 aliphatic heterocycles. The summed E-state index contributed by atoms with van der Waals surface area (Å²) in [6.45, 7) is 1.59. The molecule has 1 saturated heterocycles. The van der Waals surface area contributed by atoms with E-state index >= 15 is 0 Å². The van der Waals surface area contributed by atoms with E-state index in [2.05, 4.69) is 5.32 Å². The highest BCUT2D eigenvalue weighted by atomic mass is 16.4. The minimum absolute atomic E-state index is 0.00267. The van der Waals surface area contributed by atoms with Gasteiger partial charge >= 0.3 is 5.97 Å². The Morgan fingerprint density at radius 3 is 2.19 bits per heavy atom. The zero-order valence-electron chi connectivity index (χ0n) is 14.4. The molecule has 0 spiro atoms. The van der Waals surface area contributed by atoms with E-state index in [4.69, 9.17) is 0 Å². The number of fused-ring (bicyclic) bond motifs is 2. The molecule has 6 nitrogen and oxygen atoms in total. The van der Waals surface area contributed by atoms with Crippen LogP contribution in [-0.4, -0.2) is 40.9 Å². The Balaban J connectivity index is 1.44. The lowest BCUT2D eigenvalue weighted by Crippen LogP contribution is -2.36. The maximum absolute atomic E-state index is 12.7. The van der Waals surface area contributed by atoms with Crippen LogP contribution in [0.2, 0.25) is 0 Å². The minimum Gasteiger partial charge on any atom is -0.481 e. The molecule has 0 radical (unpaired) electrons. The Labute approximate surface area is 151 Å². The van der Waals surface area contributed by atoms with Gasteiger partial charge in [0.05, 0.1) is 11.8 Å². The molecular weight excluding hydrogens is 332 g/mol. The van der Waals surface area contributed by atoms with Crippen LogP contribution in [0.25, 0.3) is 0 Å². The van der Waals surface area contributed by atoms with Gasteiger partial charge in [0.25, 0.3) is 5.91 Å². The Bertz CT molecular complexity index is 765. The molecule has 2 N–H and O–H groups in total. The lowest BCUT2D eigenvalue weighted by molar-refractivity contribution is -0.146. The molecule has 26 heavy (non-hydrogen) atoms. The quantitative estimate of drug-likeness (QED) is 0.813. The smallest absolute Gasteiger partial charge is 0.307 e. The van der Waals surface area contributed by atoms with Crippen molar-refractivity contribution < 1.29 is 19.5 Å². The molecule has 136 valence electrons. The predicted octanol–water partition coefficient (Wildman–Crippen LogP) is 2.38. The van der Waals surface area contributed by atoms with Crippen molar-refractivity contribution in [3.05, 3.63) is 42.0 Å². The van der Waals surface area contributed by atoms with Crippen molar-refractivity contribution in [3.63, 3.8) is 0 Å². The van der Waals surface area contributed by atoms with E-state index in [1.807, 2.05) is 17.1 Å². The number of hydrogen-bond donors (Lipinski definition) is 2. The lowest BCUT2D eigenvalue weighted by Gasteiger charge is -2.24. The van der Waals surface area contributed by atoms with Crippen LogP contribution in [0, 0.1) is 23.7 Å². The van der Waals surface area contributed by atoms with Crippen LogP contribution in [0.4, 0.5) is 5.69 Å². The number of carbonyl (C=O) groups is 3. The van der Waals surface area contributed by atoms with Crippen molar-refractivity contribution >= 4 is 23.5 Å². The molecule has 2 fully saturated rings. The minimum atomic E-state index is -0.909. The van der Waals surface area contributed by atoms with Crippen molar-refractivity contribution in [2.24, 2.45) is 23.7 Å². The van der Waals surface area contributed by atoms with E-state index in [1.165, 1.54) is 0 Å². The number of allylic oxidation sites excluding steroid dienone is 2. The number of carboxylic acid groups (broad SMARTS) is 1. The number of aliphatic carboxylic acids is 1. The van der Waals surface area contributed by atoms with Gasteiger partial charge in [-0.1, -0.05) is 12.2 Å². The standard InChI is InChI=1S/C20H22N2O4/c23-18(16-13-3-4-14(11-13)17(16)20(25)26)21-15-7-5-12(6-8-15)19(24)22-9-1-2-10-22/h3-8,13-14,16-17H,1-2,9-11H2,(H,21,23)(H,25,26)/t13-,14-,16+,17-/m0/s1. The van der Waals surface area contributed by atoms with E-state index in [0.717, 1.165) is 32.4 Å². The normalized spacial score (nSPS) is 29.2. The highest BCUT2D eigenvalue weighted by Gasteiger charge is 2.51. The summed E-state index contributed by atoms with van der Waals surface area (Å²) < 4.78 is 0. The fraction of sp³-hybridized carbons (Fsp3) is 0.450. The summed E-state index contributed by atoms with van der Waals surface area (Å²) in [5.74, 6) is -2.38. The first-order chi connectivity index (χ1) is 12.5. The third-order valence-corrected chi connectivity index (χ3v) is 5.84. The highest BCUT2D eigenvalue weighted by Crippen LogP contribution is 2.48. The van der Waals surface area contributed by atoms with Crippen LogP contribution in [0.3, 0.4) is 0 Å². The summed E-state index contributed by atoms with van der Waals surface area (Å²) in [4.78, 5) is 38.4. The molecule has 1 heterocycles. The second-order valence-electron chi connectivity index (χ2n) is 7.40. The number of nitrogens with zero attached hydrogens (tertiary/aromatic N) is 1. The Morgan fingerprint density at radius 1 is 0.962 bits per heavy atom. The molecular formula is C20H22N2O4. The monoisotopic (exact) mass is 354 g/mol. The van der Waals surface area contributed by atoms with Crippen molar-refractivity contribution in [3.8, 4) is 0 Å². The van der Waals surface area contributed by atoms with E-state index < -0.39 is 17.8 Å². The summed E-state index contributed by atoms with van der Waals surface area (Å²) in [6.07, 6.45) is 6.71. The average Bonchev–Trinajstić information content (AvgIpc) is 3.37. The van der Waals surface area contributed by atoms with Crippen LogP contribution < -0.4 is 5.32 Å². The molecule has 4 atom stereocenters. The van der Waals surface area contributed by atoms with Crippen molar-refractivity contribution in [1.29, 1.82) is 0 Å². The number of anilines is 1. The SMILES string of the molecule is O=C(O)[C@@H]1[C@H](C(=O)Nc2ccc(C(=O)N3CCCC3)cc2)[C@H]2C=C[C@H]1C2. The number of rotatable bonds is 4. The van der Waals surface area contributed by atoms with Crippen LogP contribution in [0.1, 0.15) is 29.6 Å². The molecule has 2 amide bonds. The lowest BCUT2D eigenvalue weighted by atomic mass is 9.82. The number of hydrogen-bond acceptors (Lipinski definition) is 3. The summed E-state index contributed by atoms with van der Waals surface area (Å²) in [5, 5.41) is 12.3. The van der Waals surface area contributed by atoms with Gasteiger partial charge in [0.2, 0.25) is 5.91 Å². The number of benzene rings is 1. The summed E-state index contributed by atoms with van der Waals surface area (Å²) in [7, 11) is 0. The number of carboxylic acids is 1. The van der Waals surface area contributed by atoms with Gasteiger partial charge in [0.15, 0.2) is 0 Å². The largest absolute Gasteiger partial charge is 0.481 e. The number of carbonyl (C=O) groups excluding carboxylic acids is 2. The Kier molecular flexibility index (Phi) is 4.26. The first-order valence-electron chi connectivity index (χ1n) is 9.16. The zero-order valence-corrected chi connectivity index (χ0v) is 14.4. The molecule has 2 aliphatic carbocycles. The van der Waals surface area contributed by atoms with Crippen LogP contribution >= 0.6 is 0 Å². The molecule has 1 aromatic carbocycles. The third kappa shape index (κ3) is 2.89. The first-order valence-corrected chi connectivity index (χ1v) is 9.16.